The number of likely N-dealkylation sites (tertiary alicyclic amines) is 1. The highest BCUT2D eigenvalue weighted by molar-refractivity contribution is 6.30. The second-order valence-corrected chi connectivity index (χ2v) is 10.3. The van der Waals surface area contributed by atoms with Crippen molar-refractivity contribution in [2.45, 2.75) is 51.1 Å². The number of ether oxygens (including phenoxy) is 2. The number of rotatable bonds is 7. The van der Waals surface area contributed by atoms with Crippen molar-refractivity contribution in [2.24, 2.45) is 5.41 Å². The monoisotopic (exact) mass is 506 g/mol. The van der Waals surface area contributed by atoms with Crippen LogP contribution in [0.15, 0.2) is 24.3 Å². The van der Waals surface area contributed by atoms with Crippen molar-refractivity contribution in [3.8, 4) is 0 Å². The smallest absolute Gasteiger partial charge is 0.438 e. The number of piperazine rings is 1. The molecule has 1 aromatic rings. The summed E-state index contributed by atoms with van der Waals surface area (Å²) in [6, 6.07) is 5.62. The lowest BCUT2D eigenvalue weighted by atomic mass is 9.93. The van der Waals surface area contributed by atoms with E-state index in [-0.39, 0.29) is 24.6 Å². The molecule has 0 aromatic heterocycles. The van der Waals surface area contributed by atoms with Gasteiger partial charge in [0.05, 0.1) is 13.2 Å². The molecule has 1 spiro atoms. The summed E-state index contributed by atoms with van der Waals surface area (Å²) in [7, 11) is 1.27. The molecular formula is C25H35ClN4O5. The van der Waals surface area contributed by atoms with Crippen molar-refractivity contribution >= 4 is 35.4 Å². The molecule has 1 N–H and O–H groups in total. The van der Waals surface area contributed by atoms with Gasteiger partial charge in [0.15, 0.2) is 0 Å². The number of carbonyl (C=O) groups is 3. The Hall–Kier alpha value is -2.52. The summed E-state index contributed by atoms with van der Waals surface area (Å²) in [6.07, 6.45) is 5.13. The van der Waals surface area contributed by atoms with E-state index in [1.54, 1.807) is 36.1 Å². The molecule has 2 aliphatic heterocycles. The molecule has 3 amide bonds. The molecule has 1 aliphatic carbocycles. The Balaban J connectivity index is 1.36. The summed E-state index contributed by atoms with van der Waals surface area (Å²) >= 11 is 6.01. The maximum absolute atomic E-state index is 13.3. The van der Waals surface area contributed by atoms with E-state index < -0.39 is 12.2 Å². The third-order valence-corrected chi connectivity index (χ3v) is 7.92. The Kier molecular flexibility index (Phi) is 8.06. The van der Waals surface area contributed by atoms with E-state index in [1.807, 2.05) is 0 Å². The fourth-order valence-electron chi connectivity index (χ4n) is 5.11. The SMILES string of the molecule is COC(=O)OC[C@H](CCN1CCC2(CC1)CC2)N1CCN(C(=O)Nc2cccc(Cl)c2)[C@@H](C)C1=O. The van der Waals surface area contributed by atoms with Crippen LogP contribution in [0.25, 0.3) is 0 Å². The Morgan fingerprint density at radius 1 is 1.17 bits per heavy atom. The number of piperidine rings is 1. The van der Waals surface area contributed by atoms with Crippen LogP contribution in [0.2, 0.25) is 5.02 Å². The van der Waals surface area contributed by atoms with Crippen molar-refractivity contribution in [1.82, 2.24) is 14.7 Å². The number of anilines is 1. The molecule has 0 unspecified atom stereocenters. The summed E-state index contributed by atoms with van der Waals surface area (Å²) in [5, 5.41) is 3.33. The predicted molar refractivity (Wildman–Crippen MR) is 132 cm³/mol. The summed E-state index contributed by atoms with van der Waals surface area (Å²) in [5.74, 6) is -0.161. The molecular weight excluding hydrogens is 472 g/mol. The van der Waals surface area contributed by atoms with E-state index in [9.17, 15) is 14.4 Å². The van der Waals surface area contributed by atoms with Gasteiger partial charge >= 0.3 is 12.2 Å². The predicted octanol–water partition coefficient (Wildman–Crippen LogP) is 3.82. The Labute approximate surface area is 211 Å². The highest BCUT2D eigenvalue weighted by Crippen LogP contribution is 2.53. The fourth-order valence-corrected chi connectivity index (χ4v) is 5.30. The number of benzene rings is 1. The Morgan fingerprint density at radius 3 is 2.57 bits per heavy atom. The number of hydrogen-bond donors (Lipinski definition) is 1. The lowest BCUT2D eigenvalue weighted by Gasteiger charge is -2.43. The Bertz CT molecular complexity index is 930. The molecule has 0 bridgehead atoms. The number of methoxy groups -OCH3 is 1. The quantitative estimate of drug-likeness (QED) is 0.565. The van der Waals surface area contributed by atoms with E-state index >= 15 is 0 Å². The minimum absolute atomic E-state index is 0.0671. The maximum Gasteiger partial charge on any atom is 0.508 e. The number of halogens is 1. The second kappa shape index (κ2) is 11.0. The first-order valence-corrected chi connectivity index (χ1v) is 12.7. The molecule has 3 fully saturated rings. The van der Waals surface area contributed by atoms with Gasteiger partial charge in [-0.05, 0) is 75.7 Å². The first-order chi connectivity index (χ1) is 16.8. The van der Waals surface area contributed by atoms with Gasteiger partial charge in [-0.3, -0.25) is 4.79 Å². The van der Waals surface area contributed by atoms with Crippen molar-refractivity contribution < 1.29 is 23.9 Å². The fraction of sp³-hybridized carbons (Fsp3) is 0.640. The number of nitrogens with zero attached hydrogens (tertiary/aromatic N) is 3. The molecule has 3 aliphatic rings. The van der Waals surface area contributed by atoms with Crippen LogP contribution in [0, 0.1) is 5.41 Å². The molecule has 192 valence electrons. The number of carbonyl (C=O) groups excluding carboxylic acids is 3. The topological polar surface area (TPSA) is 91.4 Å². The number of amides is 3. The van der Waals surface area contributed by atoms with Crippen LogP contribution < -0.4 is 5.32 Å². The molecule has 1 aromatic carbocycles. The van der Waals surface area contributed by atoms with Gasteiger partial charge < -0.3 is 29.5 Å². The van der Waals surface area contributed by atoms with Crippen molar-refractivity contribution in [3.63, 3.8) is 0 Å². The maximum atomic E-state index is 13.3. The second-order valence-electron chi connectivity index (χ2n) is 9.89. The zero-order valence-corrected chi connectivity index (χ0v) is 21.3. The van der Waals surface area contributed by atoms with Crippen LogP contribution in [0.4, 0.5) is 15.3 Å². The average molecular weight is 507 g/mol. The van der Waals surface area contributed by atoms with E-state index in [4.69, 9.17) is 16.3 Å². The van der Waals surface area contributed by atoms with Crippen LogP contribution in [-0.2, 0) is 14.3 Å². The molecule has 10 heteroatoms. The molecule has 9 nitrogen and oxygen atoms in total. The number of urea groups is 1. The van der Waals surface area contributed by atoms with E-state index in [0.717, 1.165) is 19.6 Å². The third kappa shape index (κ3) is 6.38. The lowest BCUT2D eigenvalue weighted by molar-refractivity contribution is -0.143. The van der Waals surface area contributed by atoms with Gasteiger partial charge in [0.25, 0.3) is 0 Å². The normalized spacial score (nSPS) is 22.6. The van der Waals surface area contributed by atoms with E-state index in [2.05, 4.69) is 15.0 Å². The molecule has 4 rings (SSSR count). The minimum atomic E-state index is -0.760. The van der Waals surface area contributed by atoms with Gasteiger partial charge in [-0.1, -0.05) is 17.7 Å². The van der Waals surface area contributed by atoms with E-state index in [0.29, 0.717) is 35.6 Å². The highest BCUT2D eigenvalue weighted by atomic mass is 35.5. The third-order valence-electron chi connectivity index (χ3n) is 7.68. The number of nitrogens with one attached hydrogen (secondary N) is 1. The van der Waals surface area contributed by atoms with Gasteiger partial charge in [0.1, 0.15) is 12.6 Å². The molecule has 1 saturated carbocycles. The standard InChI is InChI=1S/C25H35ClN4O5/c1-18-22(31)30(15-14-29(18)23(32)27-20-5-3-4-19(26)16-20)21(17-35-24(33)34-2)6-11-28-12-9-25(7-8-25)10-13-28/h3-5,16,18,21H,6-15,17H2,1-2H3,(H,27,32)/t18-,21-/m0/s1. The van der Waals surface area contributed by atoms with Gasteiger partial charge in [-0.2, -0.15) is 0 Å². The Morgan fingerprint density at radius 2 is 1.91 bits per heavy atom. The van der Waals surface area contributed by atoms with Crippen LogP contribution >= 0.6 is 11.6 Å². The van der Waals surface area contributed by atoms with Crippen molar-refractivity contribution in [2.75, 3.05) is 51.8 Å². The van der Waals surface area contributed by atoms with Gasteiger partial charge in [0.2, 0.25) is 5.91 Å². The molecule has 2 atom stereocenters. The highest BCUT2D eigenvalue weighted by Gasteiger charge is 2.44. The van der Waals surface area contributed by atoms with Crippen LogP contribution in [0.5, 0.6) is 0 Å². The lowest BCUT2D eigenvalue weighted by Crippen LogP contribution is -2.61. The van der Waals surface area contributed by atoms with E-state index in [1.165, 1.54) is 37.7 Å². The zero-order chi connectivity index (χ0) is 25.0. The zero-order valence-electron chi connectivity index (χ0n) is 20.5. The first-order valence-electron chi connectivity index (χ1n) is 12.4. The van der Waals surface area contributed by atoms with Gasteiger partial charge in [-0.25, -0.2) is 9.59 Å². The summed E-state index contributed by atoms with van der Waals surface area (Å²) in [5.41, 5.74) is 1.18. The molecule has 35 heavy (non-hydrogen) atoms. The average Bonchev–Trinajstić information content (AvgIpc) is 3.61. The largest absolute Gasteiger partial charge is 0.508 e. The summed E-state index contributed by atoms with van der Waals surface area (Å²) < 4.78 is 9.89. The molecule has 2 heterocycles. The van der Waals surface area contributed by atoms with Gasteiger partial charge in [0, 0.05) is 30.3 Å². The molecule has 2 saturated heterocycles. The molecule has 0 radical (unpaired) electrons. The van der Waals surface area contributed by atoms with Crippen LogP contribution in [0.1, 0.15) is 39.0 Å². The first kappa shape index (κ1) is 25.6. The van der Waals surface area contributed by atoms with Crippen LogP contribution in [0.3, 0.4) is 0 Å². The van der Waals surface area contributed by atoms with Crippen molar-refractivity contribution in [3.05, 3.63) is 29.3 Å². The van der Waals surface area contributed by atoms with Gasteiger partial charge in [-0.15, -0.1) is 0 Å². The van der Waals surface area contributed by atoms with Crippen molar-refractivity contribution in [1.29, 1.82) is 0 Å². The summed E-state index contributed by atoms with van der Waals surface area (Å²) in [4.78, 5) is 43.6. The van der Waals surface area contributed by atoms with Crippen LogP contribution in [-0.4, -0.2) is 91.3 Å². The number of hydrogen-bond acceptors (Lipinski definition) is 6. The minimum Gasteiger partial charge on any atom is -0.438 e. The summed E-state index contributed by atoms with van der Waals surface area (Å²) in [6.45, 7) is 5.52.